The molecule has 0 spiro atoms. The summed E-state index contributed by atoms with van der Waals surface area (Å²) in [5.74, 6) is 0.188. The summed E-state index contributed by atoms with van der Waals surface area (Å²) in [6.07, 6.45) is 1.77. The Morgan fingerprint density at radius 2 is 2.11 bits per heavy atom. The Morgan fingerprint density at radius 1 is 1.26 bits per heavy atom. The molecule has 2 heterocycles. The summed E-state index contributed by atoms with van der Waals surface area (Å²) in [4.78, 5) is 18.7. The van der Waals surface area contributed by atoms with Crippen LogP contribution in [0.4, 0.5) is 0 Å². The molecule has 98 valence electrons. The van der Waals surface area contributed by atoms with Gasteiger partial charge in [-0.25, -0.2) is 0 Å². The van der Waals surface area contributed by atoms with Gasteiger partial charge in [0.05, 0.1) is 12.1 Å². The lowest BCUT2D eigenvalue weighted by molar-refractivity contribution is 0.0921. The topological polar surface area (TPSA) is 45.2 Å². The van der Waals surface area contributed by atoms with Crippen LogP contribution in [0.1, 0.15) is 10.4 Å². The first-order valence-corrected chi connectivity index (χ1v) is 6.64. The summed E-state index contributed by atoms with van der Waals surface area (Å²) in [6.45, 7) is 4.33. The highest BCUT2D eigenvalue weighted by Gasteiger charge is 2.15. The van der Waals surface area contributed by atoms with Crippen molar-refractivity contribution in [2.45, 2.75) is 0 Å². The standard InChI is InChI=1S/C15H17N3O/c19-15(11-18-8-6-16-7-9-18)13-3-4-14-12(10-13)2-1-5-17-14/h1-5,10,16H,6-9,11H2. The van der Waals surface area contributed by atoms with Crippen molar-refractivity contribution < 1.29 is 4.79 Å². The molecule has 1 saturated heterocycles. The maximum atomic E-state index is 12.3. The van der Waals surface area contributed by atoms with Gasteiger partial charge in [0.2, 0.25) is 0 Å². The smallest absolute Gasteiger partial charge is 0.176 e. The van der Waals surface area contributed by atoms with Crippen molar-refractivity contribution >= 4 is 16.7 Å². The molecule has 0 amide bonds. The lowest BCUT2D eigenvalue weighted by Crippen LogP contribution is -2.45. The molecule has 19 heavy (non-hydrogen) atoms. The summed E-state index contributed by atoms with van der Waals surface area (Å²) in [6, 6.07) is 9.61. The van der Waals surface area contributed by atoms with Crippen LogP contribution in [0.2, 0.25) is 0 Å². The van der Waals surface area contributed by atoms with Crippen molar-refractivity contribution in [1.29, 1.82) is 0 Å². The number of Topliss-reactive ketones (excluding diaryl/α,β-unsaturated/α-hetero) is 1. The zero-order chi connectivity index (χ0) is 13.1. The normalized spacial score (nSPS) is 16.6. The molecule has 0 saturated carbocycles. The van der Waals surface area contributed by atoms with Gasteiger partial charge >= 0.3 is 0 Å². The van der Waals surface area contributed by atoms with E-state index in [1.807, 2.05) is 30.3 Å². The number of ketones is 1. The highest BCUT2D eigenvalue weighted by Crippen LogP contribution is 2.14. The molecule has 0 unspecified atom stereocenters. The van der Waals surface area contributed by atoms with Gasteiger partial charge in [0.25, 0.3) is 0 Å². The van der Waals surface area contributed by atoms with E-state index in [1.54, 1.807) is 6.20 Å². The van der Waals surface area contributed by atoms with Gasteiger partial charge in [0.1, 0.15) is 0 Å². The van der Waals surface area contributed by atoms with Crippen LogP contribution < -0.4 is 5.32 Å². The van der Waals surface area contributed by atoms with E-state index in [9.17, 15) is 4.79 Å². The average Bonchev–Trinajstić information content (AvgIpc) is 2.48. The molecule has 4 heteroatoms. The lowest BCUT2D eigenvalue weighted by Gasteiger charge is -2.26. The summed E-state index contributed by atoms with van der Waals surface area (Å²) in [7, 11) is 0. The Labute approximate surface area is 112 Å². The lowest BCUT2D eigenvalue weighted by atomic mass is 10.1. The van der Waals surface area contributed by atoms with Gasteiger partial charge in [-0.3, -0.25) is 14.7 Å². The van der Waals surface area contributed by atoms with E-state index < -0.39 is 0 Å². The van der Waals surface area contributed by atoms with Crippen LogP contribution in [0.25, 0.3) is 10.9 Å². The highest BCUT2D eigenvalue weighted by atomic mass is 16.1. The minimum atomic E-state index is 0.188. The minimum Gasteiger partial charge on any atom is -0.314 e. The quantitative estimate of drug-likeness (QED) is 0.840. The van der Waals surface area contributed by atoms with E-state index in [0.717, 1.165) is 42.6 Å². The number of piperazine rings is 1. The molecule has 1 aromatic heterocycles. The molecular formula is C15H17N3O. The first kappa shape index (κ1) is 12.3. The van der Waals surface area contributed by atoms with Crippen molar-refractivity contribution in [1.82, 2.24) is 15.2 Å². The number of nitrogens with zero attached hydrogens (tertiary/aromatic N) is 2. The SMILES string of the molecule is O=C(CN1CCNCC1)c1ccc2ncccc2c1. The Bertz CT molecular complexity index is 591. The minimum absolute atomic E-state index is 0.188. The van der Waals surface area contributed by atoms with Crippen molar-refractivity contribution in [3.8, 4) is 0 Å². The van der Waals surface area contributed by atoms with Crippen LogP contribution in [0.15, 0.2) is 36.5 Å². The number of hydrogen-bond donors (Lipinski definition) is 1. The molecule has 2 aromatic rings. The fourth-order valence-electron chi connectivity index (χ4n) is 2.41. The van der Waals surface area contributed by atoms with Crippen molar-refractivity contribution in [2.75, 3.05) is 32.7 Å². The third-order valence-corrected chi connectivity index (χ3v) is 3.50. The molecule has 0 atom stereocenters. The van der Waals surface area contributed by atoms with E-state index in [0.29, 0.717) is 6.54 Å². The number of aromatic nitrogens is 1. The monoisotopic (exact) mass is 255 g/mol. The van der Waals surface area contributed by atoms with Gasteiger partial charge in [-0.05, 0) is 24.3 Å². The maximum absolute atomic E-state index is 12.3. The van der Waals surface area contributed by atoms with Crippen LogP contribution in [-0.2, 0) is 0 Å². The second-order valence-corrected chi connectivity index (χ2v) is 4.86. The number of carbonyl (C=O) groups is 1. The number of carbonyl (C=O) groups excluding carboxylic acids is 1. The molecular weight excluding hydrogens is 238 g/mol. The van der Waals surface area contributed by atoms with Crippen molar-refractivity contribution in [2.24, 2.45) is 0 Å². The average molecular weight is 255 g/mol. The van der Waals surface area contributed by atoms with Crippen molar-refractivity contribution in [3.63, 3.8) is 0 Å². The molecule has 0 aliphatic carbocycles. The molecule has 1 aliphatic rings. The Hall–Kier alpha value is -1.78. The number of nitrogens with one attached hydrogen (secondary N) is 1. The third kappa shape index (κ3) is 2.80. The Balaban J connectivity index is 1.77. The van der Waals surface area contributed by atoms with Gasteiger partial charge in [0, 0.05) is 43.3 Å². The van der Waals surface area contributed by atoms with E-state index >= 15 is 0 Å². The zero-order valence-corrected chi connectivity index (χ0v) is 10.8. The largest absolute Gasteiger partial charge is 0.314 e. The highest BCUT2D eigenvalue weighted by molar-refractivity contribution is 6.00. The fourth-order valence-corrected chi connectivity index (χ4v) is 2.41. The van der Waals surface area contributed by atoms with Gasteiger partial charge in [-0.1, -0.05) is 6.07 Å². The predicted molar refractivity (Wildman–Crippen MR) is 75.4 cm³/mol. The zero-order valence-electron chi connectivity index (χ0n) is 10.8. The molecule has 4 nitrogen and oxygen atoms in total. The number of hydrogen-bond acceptors (Lipinski definition) is 4. The summed E-state index contributed by atoms with van der Waals surface area (Å²) in [5, 5.41) is 4.31. The number of fused-ring (bicyclic) bond motifs is 1. The van der Waals surface area contributed by atoms with E-state index in [-0.39, 0.29) is 5.78 Å². The Kier molecular flexibility index (Phi) is 3.53. The number of pyridine rings is 1. The second-order valence-electron chi connectivity index (χ2n) is 4.86. The van der Waals surface area contributed by atoms with Gasteiger partial charge in [0.15, 0.2) is 5.78 Å². The predicted octanol–water partition coefficient (Wildman–Crippen LogP) is 1.32. The molecule has 0 bridgehead atoms. The molecule has 1 aliphatic heterocycles. The van der Waals surface area contributed by atoms with Crippen LogP contribution in [0.5, 0.6) is 0 Å². The van der Waals surface area contributed by atoms with Gasteiger partial charge < -0.3 is 5.32 Å². The fraction of sp³-hybridized carbons (Fsp3) is 0.333. The maximum Gasteiger partial charge on any atom is 0.176 e. The molecule has 1 N–H and O–H groups in total. The van der Waals surface area contributed by atoms with Crippen LogP contribution in [0.3, 0.4) is 0 Å². The number of benzene rings is 1. The molecule has 1 aromatic carbocycles. The van der Waals surface area contributed by atoms with E-state index in [4.69, 9.17) is 0 Å². The van der Waals surface area contributed by atoms with Gasteiger partial charge in [-0.2, -0.15) is 0 Å². The second kappa shape index (κ2) is 5.47. The van der Waals surface area contributed by atoms with Crippen LogP contribution >= 0.6 is 0 Å². The van der Waals surface area contributed by atoms with Crippen LogP contribution in [0, 0.1) is 0 Å². The van der Waals surface area contributed by atoms with E-state index in [1.165, 1.54) is 0 Å². The van der Waals surface area contributed by atoms with Crippen molar-refractivity contribution in [3.05, 3.63) is 42.1 Å². The first-order valence-electron chi connectivity index (χ1n) is 6.64. The number of rotatable bonds is 3. The molecule has 0 radical (unpaired) electrons. The summed E-state index contributed by atoms with van der Waals surface area (Å²) >= 11 is 0. The third-order valence-electron chi connectivity index (χ3n) is 3.50. The molecule has 1 fully saturated rings. The summed E-state index contributed by atoms with van der Waals surface area (Å²) in [5.41, 5.74) is 1.71. The van der Waals surface area contributed by atoms with Crippen LogP contribution in [-0.4, -0.2) is 48.4 Å². The Morgan fingerprint density at radius 3 is 2.95 bits per heavy atom. The first-order chi connectivity index (χ1) is 9.33. The summed E-state index contributed by atoms with van der Waals surface area (Å²) < 4.78 is 0. The van der Waals surface area contributed by atoms with E-state index in [2.05, 4.69) is 15.2 Å². The van der Waals surface area contributed by atoms with Gasteiger partial charge in [-0.15, -0.1) is 0 Å². The molecule has 3 rings (SSSR count).